The van der Waals surface area contributed by atoms with Crippen molar-refractivity contribution in [2.75, 3.05) is 0 Å². The van der Waals surface area contributed by atoms with E-state index in [1.54, 1.807) is 0 Å². The Morgan fingerprint density at radius 2 is 2.00 bits per heavy atom. The average molecular weight is 253 g/mol. The van der Waals surface area contributed by atoms with Gasteiger partial charge in [-0.2, -0.15) is 0 Å². The molecule has 0 bridgehead atoms. The van der Waals surface area contributed by atoms with Gasteiger partial charge in [0.1, 0.15) is 5.82 Å². The predicted molar refractivity (Wildman–Crippen MR) is 44.4 cm³/mol. The number of aldehydes is 1. The van der Waals surface area contributed by atoms with Crippen LogP contribution in [-0.4, -0.2) is 6.29 Å². The quantitative estimate of drug-likeness (QED) is 0.738. The number of hydrogen-bond acceptors (Lipinski definition) is 1. The minimum Gasteiger partial charge on any atom is -0.298 e. The zero-order valence-electron chi connectivity index (χ0n) is 6.23. The third kappa shape index (κ3) is 2.09. The molecular weight excluding hydrogens is 249 g/mol. The minimum absolute atomic E-state index is 0.0396. The van der Waals surface area contributed by atoms with Crippen LogP contribution in [-0.2, 0) is 0 Å². The van der Waals surface area contributed by atoms with E-state index in [9.17, 15) is 18.0 Å². The summed E-state index contributed by atoms with van der Waals surface area (Å²) in [6, 6.07) is 1.68. The first kappa shape index (κ1) is 10.2. The summed E-state index contributed by atoms with van der Waals surface area (Å²) in [6.45, 7) is 0. The van der Waals surface area contributed by atoms with Gasteiger partial charge in [0.2, 0.25) is 0 Å². The summed E-state index contributed by atoms with van der Waals surface area (Å²) in [4.78, 5) is 10.3. The molecule has 1 rings (SSSR count). The lowest BCUT2D eigenvalue weighted by Crippen LogP contribution is -1.93. The molecular formula is C8H4BrF3O. The summed E-state index contributed by atoms with van der Waals surface area (Å²) in [7, 11) is 0. The second-order valence-electron chi connectivity index (χ2n) is 2.32. The largest absolute Gasteiger partial charge is 0.298 e. The summed E-state index contributed by atoms with van der Waals surface area (Å²) >= 11 is 2.82. The summed E-state index contributed by atoms with van der Waals surface area (Å²) in [5.41, 5.74) is -0.695. The summed E-state index contributed by atoms with van der Waals surface area (Å²) in [6.07, 6.45) is -2.47. The highest BCUT2D eigenvalue weighted by molar-refractivity contribution is 9.10. The maximum absolute atomic E-state index is 12.9. The summed E-state index contributed by atoms with van der Waals surface area (Å²) in [5, 5.41) is 0. The Bertz CT molecular complexity index is 315. The lowest BCUT2D eigenvalue weighted by atomic mass is 10.1. The van der Waals surface area contributed by atoms with Gasteiger partial charge >= 0.3 is 0 Å². The van der Waals surface area contributed by atoms with Crippen LogP contribution in [0.1, 0.15) is 22.3 Å². The molecule has 13 heavy (non-hydrogen) atoms. The standard InChI is InChI=1S/C8H4BrF3O/c9-6-1-4(8(11)12)2-7(10)5(6)3-13/h1-3,8H. The Morgan fingerprint density at radius 3 is 2.38 bits per heavy atom. The topological polar surface area (TPSA) is 17.1 Å². The van der Waals surface area contributed by atoms with Crippen LogP contribution >= 0.6 is 15.9 Å². The highest BCUT2D eigenvalue weighted by Crippen LogP contribution is 2.26. The number of carbonyl (C=O) groups excluding carboxylic acids is 1. The highest BCUT2D eigenvalue weighted by atomic mass is 79.9. The van der Waals surface area contributed by atoms with E-state index in [1.165, 1.54) is 0 Å². The van der Waals surface area contributed by atoms with Crippen molar-refractivity contribution in [2.45, 2.75) is 6.43 Å². The minimum atomic E-state index is -2.74. The number of hydrogen-bond donors (Lipinski definition) is 0. The molecule has 0 saturated heterocycles. The monoisotopic (exact) mass is 252 g/mol. The van der Waals surface area contributed by atoms with Crippen LogP contribution in [0.3, 0.4) is 0 Å². The fourth-order valence-electron chi connectivity index (χ4n) is 0.842. The molecule has 0 spiro atoms. The van der Waals surface area contributed by atoms with Crippen LogP contribution in [0.2, 0.25) is 0 Å². The van der Waals surface area contributed by atoms with Gasteiger partial charge in [0, 0.05) is 10.0 Å². The van der Waals surface area contributed by atoms with E-state index in [0.717, 1.165) is 6.07 Å². The second kappa shape index (κ2) is 3.91. The van der Waals surface area contributed by atoms with Crippen LogP contribution in [0.25, 0.3) is 0 Å². The Hall–Kier alpha value is -0.840. The van der Waals surface area contributed by atoms with Crippen molar-refractivity contribution < 1.29 is 18.0 Å². The van der Waals surface area contributed by atoms with Crippen LogP contribution in [0.5, 0.6) is 0 Å². The zero-order chi connectivity index (χ0) is 10.0. The van der Waals surface area contributed by atoms with E-state index in [-0.39, 0.29) is 16.3 Å². The van der Waals surface area contributed by atoms with Crippen molar-refractivity contribution in [2.24, 2.45) is 0 Å². The van der Waals surface area contributed by atoms with Gasteiger partial charge in [-0.1, -0.05) is 0 Å². The van der Waals surface area contributed by atoms with Crippen molar-refractivity contribution >= 4 is 22.2 Å². The fourth-order valence-corrected chi connectivity index (χ4v) is 1.39. The van der Waals surface area contributed by atoms with Gasteiger partial charge in [-0.25, -0.2) is 13.2 Å². The smallest absolute Gasteiger partial charge is 0.263 e. The molecule has 0 saturated carbocycles. The van der Waals surface area contributed by atoms with Gasteiger partial charge in [0.25, 0.3) is 6.43 Å². The first-order chi connectivity index (χ1) is 6.06. The number of rotatable bonds is 2. The number of alkyl halides is 2. The molecule has 0 amide bonds. The summed E-state index contributed by atoms with van der Waals surface area (Å²) < 4.78 is 37.1. The van der Waals surface area contributed by atoms with E-state index in [2.05, 4.69) is 15.9 Å². The fraction of sp³-hybridized carbons (Fsp3) is 0.125. The van der Waals surface area contributed by atoms with Gasteiger partial charge in [0.15, 0.2) is 6.29 Å². The predicted octanol–water partition coefficient (Wildman–Crippen LogP) is 3.34. The summed E-state index contributed by atoms with van der Waals surface area (Å²) in [5.74, 6) is -0.945. The molecule has 1 aromatic rings. The average Bonchev–Trinajstić information content (AvgIpc) is 2.03. The van der Waals surface area contributed by atoms with E-state index in [0.29, 0.717) is 6.07 Å². The van der Waals surface area contributed by atoms with E-state index >= 15 is 0 Å². The molecule has 0 unspecified atom stereocenters. The van der Waals surface area contributed by atoms with Crippen LogP contribution in [0.15, 0.2) is 16.6 Å². The number of carbonyl (C=O) groups is 1. The van der Waals surface area contributed by atoms with Crippen molar-refractivity contribution in [3.63, 3.8) is 0 Å². The van der Waals surface area contributed by atoms with Crippen LogP contribution in [0.4, 0.5) is 13.2 Å². The zero-order valence-corrected chi connectivity index (χ0v) is 7.82. The lowest BCUT2D eigenvalue weighted by Gasteiger charge is -2.03. The molecule has 0 aliphatic rings. The van der Waals surface area contributed by atoms with Crippen molar-refractivity contribution in [1.29, 1.82) is 0 Å². The molecule has 0 aromatic heterocycles. The molecule has 0 heterocycles. The van der Waals surface area contributed by atoms with E-state index < -0.39 is 17.8 Å². The molecule has 0 radical (unpaired) electrons. The normalized spacial score (nSPS) is 10.5. The van der Waals surface area contributed by atoms with Gasteiger partial charge < -0.3 is 0 Å². The Kier molecular flexibility index (Phi) is 3.08. The molecule has 0 N–H and O–H groups in total. The van der Waals surface area contributed by atoms with Crippen molar-refractivity contribution in [3.05, 3.63) is 33.5 Å². The van der Waals surface area contributed by atoms with E-state index in [1.807, 2.05) is 0 Å². The Balaban J connectivity index is 3.28. The number of halogens is 4. The van der Waals surface area contributed by atoms with Crippen molar-refractivity contribution in [3.8, 4) is 0 Å². The molecule has 0 atom stereocenters. The van der Waals surface area contributed by atoms with Crippen LogP contribution in [0, 0.1) is 5.82 Å². The molecule has 1 aromatic carbocycles. The maximum atomic E-state index is 12.9. The third-order valence-electron chi connectivity index (χ3n) is 1.47. The molecule has 70 valence electrons. The van der Waals surface area contributed by atoms with Gasteiger partial charge in [-0.05, 0) is 28.1 Å². The molecule has 0 aliphatic heterocycles. The second-order valence-corrected chi connectivity index (χ2v) is 3.17. The Morgan fingerprint density at radius 1 is 1.38 bits per heavy atom. The van der Waals surface area contributed by atoms with Gasteiger partial charge in [-0.15, -0.1) is 0 Å². The number of benzene rings is 1. The Labute approximate surface area is 80.7 Å². The van der Waals surface area contributed by atoms with Crippen LogP contribution < -0.4 is 0 Å². The molecule has 1 nitrogen and oxygen atoms in total. The first-order valence-electron chi connectivity index (χ1n) is 3.28. The van der Waals surface area contributed by atoms with Crippen molar-refractivity contribution in [1.82, 2.24) is 0 Å². The SMILES string of the molecule is O=Cc1c(F)cc(C(F)F)cc1Br. The highest BCUT2D eigenvalue weighted by Gasteiger charge is 2.13. The molecule has 5 heteroatoms. The molecule has 0 fully saturated rings. The third-order valence-corrected chi connectivity index (χ3v) is 2.13. The maximum Gasteiger partial charge on any atom is 0.263 e. The first-order valence-corrected chi connectivity index (χ1v) is 4.08. The lowest BCUT2D eigenvalue weighted by molar-refractivity contribution is 0.111. The molecule has 0 aliphatic carbocycles. The van der Waals surface area contributed by atoms with Gasteiger partial charge in [-0.3, -0.25) is 4.79 Å². The van der Waals surface area contributed by atoms with Gasteiger partial charge in [0.05, 0.1) is 5.56 Å². The van der Waals surface area contributed by atoms with E-state index in [4.69, 9.17) is 0 Å².